The Morgan fingerprint density at radius 3 is 2.48 bits per heavy atom. The Balaban J connectivity index is 2.55. The summed E-state index contributed by atoms with van der Waals surface area (Å²) in [5.41, 5.74) is 3.20. The highest BCUT2D eigenvalue weighted by molar-refractivity contribution is 6.00. The van der Waals surface area contributed by atoms with E-state index in [1.807, 2.05) is 38.4 Å². The van der Waals surface area contributed by atoms with Crippen LogP contribution in [0.5, 0.6) is 0 Å². The van der Waals surface area contributed by atoms with Crippen molar-refractivity contribution >= 4 is 5.78 Å². The molecule has 0 unspecified atom stereocenters. The number of hydrogen-bond acceptors (Lipinski definition) is 2. The second-order valence-electron chi connectivity index (χ2n) is 5.51. The van der Waals surface area contributed by atoms with Crippen molar-refractivity contribution in [2.75, 3.05) is 14.1 Å². The van der Waals surface area contributed by atoms with E-state index >= 15 is 0 Å². The maximum atomic E-state index is 13.6. The van der Waals surface area contributed by atoms with E-state index in [4.69, 9.17) is 0 Å². The molecule has 0 aliphatic carbocycles. The molecule has 0 saturated heterocycles. The van der Waals surface area contributed by atoms with Crippen LogP contribution in [0.1, 0.15) is 35.8 Å². The average Bonchev–Trinajstić information content (AvgIpc) is 2.46. The zero-order valence-corrected chi connectivity index (χ0v) is 12.9. The topological polar surface area (TPSA) is 20.3 Å². The Hall–Kier alpha value is -2.00. The molecule has 0 heterocycles. The normalized spacial score (nSPS) is 12.5. The highest BCUT2D eigenvalue weighted by atomic mass is 19.1. The third kappa shape index (κ3) is 3.37. The van der Waals surface area contributed by atoms with E-state index in [-0.39, 0.29) is 17.6 Å². The summed E-state index contributed by atoms with van der Waals surface area (Å²) in [6.07, 6.45) is 0. The molecule has 0 radical (unpaired) electrons. The Labute approximate surface area is 125 Å². The molecule has 0 spiro atoms. The van der Waals surface area contributed by atoms with Gasteiger partial charge < -0.3 is 4.90 Å². The van der Waals surface area contributed by atoms with Gasteiger partial charge in [0.1, 0.15) is 5.82 Å². The summed E-state index contributed by atoms with van der Waals surface area (Å²) in [5.74, 6) is -0.392. The minimum absolute atomic E-state index is 0.0592. The molecule has 0 amide bonds. The highest BCUT2D eigenvalue weighted by Crippen LogP contribution is 2.28. The molecule has 0 fully saturated rings. The van der Waals surface area contributed by atoms with Gasteiger partial charge in [-0.05, 0) is 68.9 Å². The van der Waals surface area contributed by atoms with Gasteiger partial charge in [-0.25, -0.2) is 4.39 Å². The Kier molecular flexibility index (Phi) is 4.53. The number of halogens is 1. The minimum atomic E-state index is -0.332. The largest absolute Gasteiger partial charge is 0.303 e. The van der Waals surface area contributed by atoms with Crippen LogP contribution in [0.2, 0.25) is 0 Å². The second-order valence-corrected chi connectivity index (χ2v) is 5.51. The third-order valence-corrected chi connectivity index (χ3v) is 3.82. The van der Waals surface area contributed by atoms with Crippen LogP contribution in [0, 0.1) is 5.82 Å². The van der Waals surface area contributed by atoms with Crippen molar-refractivity contribution in [1.82, 2.24) is 4.90 Å². The zero-order valence-electron chi connectivity index (χ0n) is 12.9. The number of nitrogens with zero attached hydrogens (tertiary/aromatic N) is 1. The number of carbonyl (C=O) groups is 1. The molecular weight excluding hydrogens is 265 g/mol. The van der Waals surface area contributed by atoms with E-state index in [1.54, 1.807) is 6.07 Å². The molecule has 21 heavy (non-hydrogen) atoms. The number of benzene rings is 2. The van der Waals surface area contributed by atoms with E-state index in [0.717, 1.165) is 11.1 Å². The molecule has 0 aliphatic heterocycles. The third-order valence-electron chi connectivity index (χ3n) is 3.82. The van der Waals surface area contributed by atoms with Gasteiger partial charge in [0.15, 0.2) is 5.78 Å². The molecule has 2 rings (SSSR count). The summed E-state index contributed by atoms with van der Waals surface area (Å²) in [4.78, 5) is 13.9. The molecule has 2 aromatic carbocycles. The lowest BCUT2D eigenvalue weighted by molar-refractivity contribution is 0.101. The van der Waals surface area contributed by atoms with Crippen molar-refractivity contribution in [2.24, 2.45) is 0 Å². The Morgan fingerprint density at radius 1 is 1.14 bits per heavy atom. The number of rotatable bonds is 4. The van der Waals surface area contributed by atoms with Crippen LogP contribution in [0.4, 0.5) is 4.39 Å². The molecule has 2 aromatic rings. The first-order valence-electron chi connectivity index (χ1n) is 6.97. The molecule has 3 heteroatoms. The van der Waals surface area contributed by atoms with E-state index < -0.39 is 0 Å². The molecule has 0 bridgehead atoms. The van der Waals surface area contributed by atoms with Gasteiger partial charge >= 0.3 is 0 Å². The van der Waals surface area contributed by atoms with Gasteiger partial charge in [0.25, 0.3) is 0 Å². The summed E-state index contributed by atoms with van der Waals surface area (Å²) in [5, 5.41) is 0. The Bertz CT molecular complexity index is 664. The SMILES string of the molecule is CC(=O)c1ccc(F)cc1-c1cccc([C@@H](C)N(C)C)c1. The first kappa shape index (κ1) is 15.4. The van der Waals surface area contributed by atoms with Crippen LogP contribution in [-0.2, 0) is 0 Å². The van der Waals surface area contributed by atoms with Gasteiger partial charge in [-0.2, -0.15) is 0 Å². The van der Waals surface area contributed by atoms with Gasteiger partial charge in [0.05, 0.1) is 0 Å². The lowest BCUT2D eigenvalue weighted by Crippen LogP contribution is -2.16. The molecule has 0 aliphatic rings. The van der Waals surface area contributed by atoms with E-state index in [2.05, 4.69) is 11.8 Å². The van der Waals surface area contributed by atoms with Crippen molar-refractivity contribution in [3.8, 4) is 11.1 Å². The van der Waals surface area contributed by atoms with Gasteiger partial charge in [0, 0.05) is 11.6 Å². The second kappa shape index (κ2) is 6.19. The van der Waals surface area contributed by atoms with Gasteiger partial charge in [0.2, 0.25) is 0 Å². The van der Waals surface area contributed by atoms with E-state index in [9.17, 15) is 9.18 Å². The summed E-state index contributed by atoms with van der Waals surface area (Å²) in [6.45, 7) is 3.61. The standard InChI is InChI=1S/C18H20FNO/c1-12(20(3)4)14-6-5-7-15(10-14)18-11-16(19)8-9-17(18)13(2)21/h5-12H,1-4H3/t12-/m1/s1. The highest BCUT2D eigenvalue weighted by Gasteiger charge is 2.13. The fraction of sp³-hybridized carbons (Fsp3) is 0.278. The summed E-state index contributed by atoms with van der Waals surface area (Å²) in [7, 11) is 4.03. The predicted octanol–water partition coefficient (Wildman–Crippen LogP) is 4.32. The van der Waals surface area contributed by atoms with Crippen LogP contribution in [0.15, 0.2) is 42.5 Å². The first-order chi connectivity index (χ1) is 9.90. The summed E-state index contributed by atoms with van der Waals surface area (Å²) in [6, 6.07) is 12.5. The zero-order chi connectivity index (χ0) is 15.6. The molecular formula is C18H20FNO. The molecule has 2 nitrogen and oxygen atoms in total. The fourth-order valence-corrected chi connectivity index (χ4v) is 2.33. The van der Waals surface area contributed by atoms with E-state index in [1.165, 1.54) is 19.1 Å². The van der Waals surface area contributed by atoms with Gasteiger partial charge in [-0.3, -0.25) is 4.79 Å². The fourth-order valence-electron chi connectivity index (χ4n) is 2.33. The molecule has 0 N–H and O–H groups in total. The first-order valence-corrected chi connectivity index (χ1v) is 6.97. The van der Waals surface area contributed by atoms with Crippen molar-refractivity contribution in [2.45, 2.75) is 19.9 Å². The number of hydrogen-bond donors (Lipinski definition) is 0. The summed E-state index contributed by atoms with van der Waals surface area (Å²) < 4.78 is 13.6. The number of ketones is 1. The molecule has 0 saturated carbocycles. The number of Topliss-reactive ketones (excluding diaryl/α,β-unsaturated/α-hetero) is 1. The summed E-state index contributed by atoms with van der Waals surface area (Å²) >= 11 is 0. The van der Waals surface area contributed by atoms with Crippen molar-refractivity contribution in [3.63, 3.8) is 0 Å². The average molecular weight is 285 g/mol. The van der Waals surface area contributed by atoms with E-state index in [0.29, 0.717) is 11.1 Å². The van der Waals surface area contributed by atoms with Crippen molar-refractivity contribution in [1.29, 1.82) is 0 Å². The predicted molar refractivity (Wildman–Crippen MR) is 83.9 cm³/mol. The van der Waals surface area contributed by atoms with Crippen LogP contribution < -0.4 is 0 Å². The van der Waals surface area contributed by atoms with Crippen LogP contribution >= 0.6 is 0 Å². The van der Waals surface area contributed by atoms with Gasteiger partial charge in [-0.15, -0.1) is 0 Å². The van der Waals surface area contributed by atoms with Crippen LogP contribution in [0.25, 0.3) is 11.1 Å². The maximum absolute atomic E-state index is 13.6. The monoisotopic (exact) mass is 285 g/mol. The molecule has 1 atom stereocenters. The maximum Gasteiger partial charge on any atom is 0.160 e. The van der Waals surface area contributed by atoms with Crippen LogP contribution in [-0.4, -0.2) is 24.8 Å². The van der Waals surface area contributed by atoms with Crippen LogP contribution in [0.3, 0.4) is 0 Å². The lowest BCUT2D eigenvalue weighted by Gasteiger charge is -2.21. The van der Waals surface area contributed by atoms with Crippen molar-refractivity contribution in [3.05, 3.63) is 59.4 Å². The van der Waals surface area contributed by atoms with Gasteiger partial charge in [-0.1, -0.05) is 18.2 Å². The lowest BCUT2D eigenvalue weighted by atomic mass is 9.94. The molecule has 110 valence electrons. The smallest absolute Gasteiger partial charge is 0.160 e. The Morgan fingerprint density at radius 2 is 1.86 bits per heavy atom. The van der Waals surface area contributed by atoms with Crippen molar-refractivity contribution < 1.29 is 9.18 Å². The molecule has 0 aromatic heterocycles. The number of carbonyl (C=O) groups excluding carboxylic acids is 1. The minimum Gasteiger partial charge on any atom is -0.303 e. The quantitative estimate of drug-likeness (QED) is 0.780.